The number of alkyl halides is 1. The van der Waals surface area contributed by atoms with Crippen molar-refractivity contribution in [3.63, 3.8) is 0 Å². The molecule has 1 N–H and O–H groups in total. The molecule has 0 saturated heterocycles. The summed E-state index contributed by atoms with van der Waals surface area (Å²) in [6.45, 7) is 5.01. The highest BCUT2D eigenvalue weighted by Crippen LogP contribution is 2.13. The van der Waals surface area contributed by atoms with E-state index < -0.39 is 0 Å². The van der Waals surface area contributed by atoms with Gasteiger partial charge in [0.1, 0.15) is 12.1 Å². The third-order valence-corrected chi connectivity index (χ3v) is 2.42. The molecule has 0 aliphatic rings. The van der Waals surface area contributed by atoms with Gasteiger partial charge in [0, 0.05) is 12.6 Å². The van der Waals surface area contributed by atoms with E-state index in [9.17, 15) is 0 Å². The molecule has 1 atom stereocenters. The molecular formula is C11H18ClN3O. The molecule has 1 aromatic rings. The fraction of sp³-hybridized carbons (Fsp3) is 0.636. The lowest BCUT2D eigenvalue weighted by Crippen LogP contribution is -2.16. The quantitative estimate of drug-likeness (QED) is 0.780. The van der Waals surface area contributed by atoms with Crippen molar-refractivity contribution in [1.82, 2.24) is 9.97 Å². The van der Waals surface area contributed by atoms with E-state index in [0.29, 0.717) is 18.3 Å². The van der Waals surface area contributed by atoms with Crippen LogP contribution in [0.3, 0.4) is 0 Å². The SMILES string of the molecule is COc1cc(NCC(Cl)CC(C)C)ncn1. The summed E-state index contributed by atoms with van der Waals surface area (Å²) in [7, 11) is 1.58. The second kappa shape index (κ2) is 6.53. The average molecular weight is 244 g/mol. The minimum absolute atomic E-state index is 0.112. The Balaban J connectivity index is 2.41. The van der Waals surface area contributed by atoms with E-state index in [2.05, 4.69) is 29.1 Å². The minimum Gasteiger partial charge on any atom is -0.481 e. The van der Waals surface area contributed by atoms with E-state index in [1.54, 1.807) is 13.2 Å². The zero-order valence-electron chi connectivity index (χ0n) is 9.90. The number of hydrogen-bond acceptors (Lipinski definition) is 4. The summed E-state index contributed by atoms with van der Waals surface area (Å²) in [5.41, 5.74) is 0. The van der Waals surface area contributed by atoms with Crippen molar-refractivity contribution in [1.29, 1.82) is 0 Å². The first-order valence-corrected chi connectivity index (χ1v) is 5.79. The molecule has 1 heterocycles. The highest BCUT2D eigenvalue weighted by molar-refractivity contribution is 6.20. The number of methoxy groups -OCH3 is 1. The molecule has 0 aromatic carbocycles. The van der Waals surface area contributed by atoms with Gasteiger partial charge in [0.15, 0.2) is 0 Å². The first kappa shape index (κ1) is 13.0. The van der Waals surface area contributed by atoms with Crippen LogP contribution in [0, 0.1) is 5.92 Å². The van der Waals surface area contributed by atoms with E-state index in [0.717, 1.165) is 12.2 Å². The standard InChI is InChI=1S/C11H18ClN3O/c1-8(2)4-9(12)6-13-10-5-11(16-3)15-7-14-10/h5,7-9H,4,6H2,1-3H3,(H,13,14,15). The summed E-state index contributed by atoms with van der Waals surface area (Å²) >= 11 is 6.16. The smallest absolute Gasteiger partial charge is 0.218 e. The van der Waals surface area contributed by atoms with Gasteiger partial charge < -0.3 is 10.1 Å². The molecule has 0 aliphatic heterocycles. The summed E-state index contributed by atoms with van der Waals surface area (Å²) < 4.78 is 5.00. The van der Waals surface area contributed by atoms with Gasteiger partial charge in [-0.3, -0.25) is 0 Å². The first-order valence-electron chi connectivity index (χ1n) is 5.35. The lowest BCUT2D eigenvalue weighted by atomic mass is 10.1. The number of ether oxygens (including phenoxy) is 1. The van der Waals surface area contributed by atoms with Crippen LogP contribution in [0.5, 0.6) is 5.88 Å². The van der Waals surface area contributed by atoms with Crippen molar-refractivity contribution in [3.05, 3.63) is 12.4 Å². The fourth-order valence-corrected chi connectivity index (χ4v) is 1.79. The van der Waals surface area contributed by atoms with Crippen LogP contribution < -0.4 is 10.1 Å². The first-order chi connectivity index (χ1) is 7.61. The predicted molar refractivity (Wildman–Crippen MR) is 66.2 cm³/mol. The molecule has 1 unspecified atom stereocenters. The van der Waals surface area contributed by atoms with Gasteiger partial charge in [0.25, 0.3) is 0 Å². The molecule has 0 bridgehead atoms. The van der Waals surface area contributed by atoms with Crippen LogP contribution in [0.15, 0.2) is 12.4 Å². The van der Waals surface area contributed by atoms with Crippen molar-refractivity contribution in [2.75, 3.05) is 19.0 Å². The molecule has 0 saturated carbocycles. The highest BCUT2D eigenvalue weighted by Gasteiger charge is 2.07. The molecule has 0 fully saturated rings. The van der Waals surface area contributed by atoms with Crippen molar-refractivity contribution in [3.8, 4) is 5.88 Å². The van der Waals surface area contributed by atoms with Gasteiger partial charge in [-0.05, 0) is 12.3 Å². The Hall–Kier alpha value is -1.03. The second-order valence-corrected chi connectivity index (χ2v) is 4.67. The van der Waals surface area contributed by atoms with Gasteiger partial charge in [-0.1, -0.05) is 13.8 Å². The monoisotopic (exact) mass is 243 g/mol. The summed E-state index contributed by atoms with van der Waals surface area (Å²) in [6, 6.07) is 1.75. The summed E-state index contributed by atoms with van der Waals surface area (Å²) in [5, 5.41) is 3.27. The molecule has 0 amide bonds. The molecule has 90 valence electrons. The number of nitrogens with zero attached hydrogens (tertiary/aromatic N) is 2. The van der Waals surface area contributed by atoms with Crippen LogP contribution in [0.2, 0.25) is 0 Å². The van der Waals surface area contributed by atoms with Crippen molar-refractivity contribution in [2.45, 2.75) is 25.6 Å². The molecule has 16 heavy (non-hydrogen) atoms. The molecule has 0 aliphatic carbocycles. The Labute approximate surface area is 101 Å². The Morgan fingerprint density at radius 2 is 2.19 bits per heavy atom. The molecule has 0 spiro atoms. The van der Waals surface area contributed by atoms with Crippen LogP contribution in [0.1, 0.15) is 20.3 Å². The number of halogens is 1. The van der Waals surface area contributed by atoms with Gasteiger partial charge in [0.2, 0.25) is 5.88 Å². The van der Waals surface area contributed by atoms with Crippen molar-refractivity contribution < 1.29 is 4.74 Å². The minimum atomic E-state index is 0.112. The molecule has 4 nitrogen and oxygen atoms in total. The Morgan fingerprint density at radius 1 is 1.44 bits per heavy atom. The molecule has 0 radical (unpaired) electrons. The van der Waals surface area contributed by atoms with Crippen LogP contribution in [-0.2, 0) is 0 Å². The zero-order chi connectivity index (χ0) is 12.0. The molecule has 1 aromatic heterocycles. The maximum Gasteiger partial charge on any atom is 0.218 e. The third-order valence-electron chi connectivity index (χ3n) is 2.08. The lowest BCUT2D eigenvalue weighted by Gasteiger charge is -2.13. The largest absolute Gasteiger partial charge is 0.481 e. The lowest BCUT2D eigenvalue weighted by molar-refractivity contribution is 0.397. The number of rotatable bonds is 6. The Kier molecular flexibility index (Phi) is 5.32. The van der Waals surface area contributed by atoms with E-state index in [1.165, 1.54) is 6.33 Å². The van der Waals surface area contributed by atoms with Crippen molar-refractivity contribution >= 4 is 17.4 Å². The maximum atomic E-state index is 6.16. The third kappa shape index (κ3) is 4.66. The summed E-state index contributed by atoms with van der Waals surface area (Å²) in [4.78, 5) is 8.00. The normalized spacial score (nSPS) is 12.6. The van der Waals surface area contributed by atoms with Gasteiger partial charge in [0.05, 0.1) is 12.5 Å². The van der Waals surface area contributed by atoms with Gasteiger partial charge in [-0.2, -0.15) is 0 Å². The van der Waals surface area contributed by atoms with Crippen LogP contribution in [0.4, 0.5) is 5.82 Å². The highest BCUT2D eigenvalue weighted by atomic mass is 35.5. The Morgan fingerprint density at radius 3 is 2.81 bits per heavy atom. The van der Waals surface area contributed by atoms with E-state index in [-0.39, 0.29) is 5.38 Å². The van der Waals surface area contributed by atoms with Crippen LogP contribution >= 0.6 is 11.6 Å². The fourth-order valence-electron chi connectivity index (χ4n) is 1.36. The molecule has 5 heteroatoms. The van der Waals surface area contributed by atoms with Crippen molar-refractivity contribution in [2.24, 2.45) is 5.92 Å². The van der Waals surface area contributed by atoms with E-state index in [1.807, 2.05) is 0 Å². The van der Waals surface area contributed by atoms with Gasteiger partial charge in [-0.25, -0.2) is 9.97 Å². The Bertz CT molecular complexity index is 320. The number of nitrogens with one attached hydrogen (secondary N) is 1. The number of anilines is 1. The van der Waals surface area contributed by atoms with E-state index >= 15 is 0 Å². The predicted octanol–water partition coefficient (Wildman–Crippen LogP) is 2.55. The maximum absolute atomic E-state index is 6.16. The number of hydrogen-bond donors (Lipinski definition) is 1. The summed E-state index contributed by atoms with van der Waals surface area (Å²) in [5.74, 6) is 1.89. The molecular weight excluding hydrogens is 226 g/mol. The van der Waals surface area contributed by atoms with Crippen LogP contribution in [-0.4, -0.2) is 29.0 Å². The number of aromatic nitrogens is 2. The van der Waals surface area contributed by atoms with Gasteiger partial charge >= 0.3 is 0 Å². The van der Waals surface area contributed by atoms with E-state index in [4.69, 9.17) is 16.3 Å². The second-order valence-electron chi connectivity index (χ2n) is 4.05. The zero-order valence-corrected chi connectivity index (χ0v) is 10.7. The average Bonchev–Trinajstić information content (AvgIpc) is 2.26. The molecule has 1 rings (SSSR count). The summed E-state index contributed by atoms with van der Waals surface area (Å²) in [6.07, 6.45) is 2.45. The van der Waals surface area contributed by atoms with Gasteiger partial charge in [-0.15, -0.1) is 11.6 Å². The topological polar surface area (TPSA) is 47.0 Å². The van der Waals surface area contributed by atoms with Crippen LogP contribution in [0.25, 0.3) is 0 Å².